The standard InChI is InChI=1S/C21H23NO2S/c1-16-8-10-20(11-9-16)25(23,24)22-15-21(18-6-4-3-5-7-18)13-17(2)12-19(22)14-21/h3-11,13,19H,12,14-15H2,1-2H3/t19-,21-/m0/s1. The summed E-state index contributed by atoms with van der Waals surface area (Å²) in [5.41, 5.74) is 3.35. The van der Waals surface area contributed by atoms with Crippen molar-refractivity contribution in [2.45, 2.75) is 43.0 Å². The van der Waals surface area contributed by atoms with E-state index < -0.39 is 10.0 Å². The number of aryl methyl sites for hydroxylation is 1. The number of hydrogen-bond acceptors (Lipinski definition) is 2. The van der Waals surface area contributed by atoms with E-state index in [0.717, 1.165) is 18.4 Å². The summed E-state index contributed by atoms with van der Waals surface area (Å²) < 4.78 is 28.3. The zero-order valence-electron chi connectivity index (χ0n) is 14.6. The number of rotatable bonds is 3. The summed E-state index contributed by atoms with van der Waals surface area (Å²) in [7, 11) is -3.48. The normalized spacial score (nSPS) is 26.5. The molecule has 2 aromatic rings. The van der Waals surface area contributed by atoms with Crippen LogP contribution in [0.25, 0.3) is 0 Å². The highest BCUT2D eigenvalue weighted by Crippen LogP contribution is 2.47. The molecule has 1 saturated heterocycles. The van der Waals surface area contributed by atoms with Gasteiger partial charge in [0.15, 0.2) is 0 Å². The molecule has 2 bridgehead atoms. The Labute approximate surface area is 150 Å². The van der Waals surface area contributed by atoms with E-state index in [-0.39, 0.29) is 11.5 Å². The maximum absolute atomic E-state index is 13.3. The Morgan fingerprint density at radius 1 is 1.00 bits per heavy atom. The fraction of sp³-hybridized carbons (Fsp3) is 0.333. The van der Waals surface area contributed by atoms with Crippen molar-refractivity contribution in [2.75, 3.05) is 6.54 Å². The second-order valence-electron chi connectivity index (χ2n) is 7.44. The molecular weight excluding hydrogens is 330 g/mol. The summed E-state index contributed by atoms with van der Waals surface area (Å²) in [5.74, 6) is 0. The van der Waals surface area contributed by atoms with Crippen LogP contribution in [0.4, 0.5) is 0 Å². The average molecular weight is 353 g/mol. The molecule has 4 rings (SSSR count). The number of fused-ring (bicyclic) bond motifs is 2. The van der Waals surface area contributed by atoms with Crippen LogP contribution < -0.4 is 0 Å². The second kappa shape index (κ2) is 5.82. The summed E-state index contributed by atoms with van der Waals surface area (Å²) in [6.45, 7) is 4.61. The van der Waals surface area contributed by atoms with Crippen LogP contribution in [0.2, 0.25) is 0 Å². The van der Waals surface area contributed by atoms with Crippen molar-refractivity contribution in [1.82, 2.24) is 4.31 Å². The molecule has 0 radical (unpaired) electrons. The molecular formula is C21H23NO2S. The zero-order valence-corrected chi connectivity index (χ0v) is 15.5. The molecule has 0 saturated carbocycles. The Bertz CT molecular complexity index is 916. The van der Waals surface area contributed by atoms with Gasteiger partial charge < -0.3 is 0 Å². The highest BCUT2D eigenvalue weighted by atomic mass is 32.2. The van der Waals surface area contributed by atoms with Crippen LogP contribution in [0.3, 0.4) is 0 Å². The van der Waals surface area contributed by atoms with Crippen molar-refractivity contribution < 1.29 is 8.42 Å². The molecule has 0 amide bonds. The minimum atomic E-state index is -3.48. The first-order valence-corrected chi connectivity index (χ1v) is 10.2. The molecule has 0 spiro atoms. The number of hydrogen-bond donors (Lipinski definition) is 0. The predicted octanol–water partition coefficient (Wildman–Crippen LogP) is 4.05. The third kappa shape index (κ3) is 2.74. The Kier molecular flexibility index (Phi) is 3.85. The molecule has 0 aromatic heterocycles. The van der Waals surface area contributed by atoms with Gasteiger partial charge in [0.2, 0.25) is 10.0 Å². The van der Waals surface area contributed by atoms with Crippen molar-refractivity contribution in [1.29, 1.82) is 0 Å². The van der Waals surface area contributed by atoms with E-state index in [0.29, 0.717) is 11.4 Å². The van der Waals surface area contributed by atoms with Crippen LogP contribution >= 0.6 is 0 Å². The lowest BCUT2D eigenvalue weighted by atomic mass is 9.73. The second-order valence-corrected chi connectivity index (χ2v) is 9.33. The van der Waals surface area contributed by atoms with Crippen LogP contribution in [-0.2, 0) is 15.4 Å². The van der Waals surface area contributed by atoms with Crippen LogP contribution in [0.5, 0.6) is 0 Å². The first kappa shape index (κ1) is 16.6. The number of sulfonamides is 1. The van der Waals surface area contributed by atoms with Gasteiger partial charge >= 0.3 is 0 Å². The fourth-order valence-corrected chi connectivity index (χ4v) is 6.06. The molecule has 2 aromatic carbocycles. The highest BCUT2D eigenvalue weighted by Gasteiger charge is 2.50. The largest absolute Gasteiger partial charge is 0.243 e. The van der Waals surface area contributed by atoms with Crippen LogP contribution in [0.1, 0.15) is 30.9 Å². The molecule has 25 heavy (non-hydrogen) atoms. The molecule has 2 aliphatic rings. The topological polar surface area (TPSA) is 37.4 Å². The molecule has 4 heteroatoms. The smallest absolute Gasteiger partial charge is 0.207 e. The Morgan fingerprint density at radius 2 is 1.68 bits per heavy atom. The van der Waals surface area contributed by atoms with Gasteiger partial charge in [0.25, 0.3) is 0 Å². The third-order valence-electron chi connectivity index (χ3n) is 5.50. The number of nitrogens with zero attached hydrogens (tertiary/aromatic N) is 1. The zero-order chi connectivity index (χ0) is 17.7. The molecule has 130 valence electrons. The van der Waals surface area contributed by atoms with Crippen LogP contribution in [-0.4, -0.2) is 25.3 Å². The summed E-state index contributed by atoms with van der Waals surface area (Å²) in [6.07, 6.45) is 3.97. The Hall–Kier alpha value is -1.91. The van der Waals surface area contributed by atoms with E-state index in [2.05, 4.69) is 25.1 Å². The first-order chi connectivity index (χ1) is 11.9. The van der Waals surface area contributed by atoms with Gasteiger partial charge in [-0.1, -0.05) is 59.7 Å². The van der Waals surface area contributed by atoms with Crippen LogP contribution in [0, 0.1) is 6.92 Å². The van der Waals surface area contributed by atoms with Gasteiger partial charge in [-0.15, -0.1) is 0 Å². The first-order valence-electron chi connectivity index (χ1n) is 8.73. The van der Waals surface area contributed by atoms with Crippen molar-refractivity contribution in [3.8, 4) is 0 Å². The molecule has 0 N–H and O–H groups in total. The summed E-state index contributed by atoms with van der Waals surface area (Å²) in [6, 6.07) is 17.5. The van der Waals surface area contributed by atoms with E-state index in [9.17, 15) is 8.42 Å². The summed E-state index contributed by atoms with van der Waals surface area (Å²) in [5, 5.41) is 0. The van der Waals surface area contributed by atoms with Gasteiger partial charge in [-0.3, -0.25) is 0 Å². The average Bonchev–Trinajstić information content (AvgIpc) is 2.89. The summed E-state index contributed by atoms with van der Waals surface area (Å²) in [4.78, 5) is 0.395. The molecule has 0 unspecified atom stereocenters. The molecule has 1 heterocycles. The molecule has 1 fully saturated rings. The minimum Gasteiger partial charge on any atom is -0.207 e. The van der Waals surface area contributed by atoms with E-state index >= 15 is 0 Å². The monoisotopic (exact) mass is 353 g/mol. The quantitative estimate of drug-likeness (QED) is 0.781. The molecule has 1 aliphatic carbocycles. The van der Waals surface area contributed by atoms with Gasteiger partial charge in [-0.05, 0) is 44.4 Å². The minimum absolute atomic E-state index is 0.0384. The Balaban J connectivity index is 1.76. The number of benzene rings is 2. The van der Waals surface area contributed by atoms with Crippen LogP contribution in [0.15, 0.2) is 71.1 Å². The van der Waals surface area contributed by atoms with Gasteiger partial charge in [0, 0.05) is 18.0 Å². The van der Waals surface area contributed by atoms with Crippen molar-refractivity contribution in [3.05, 3.63) is 77.4 Å². The van der Waals surface area contributed by atoms with E-state index in [1.807, 2.05) is 37.3 Å². The fourth-order valence-electron chi connectivity index (χ4n) is 4.36. The molecule has 1 aliphatic heterocycles. The summed E-state index contributed by atoms with van der Waals surface area (Å²) >= 11 is 0. The highest BCUT2D eigenvalue weighted by molar-refractivity contribution is 7.89. The van der Waals surface area contributed by atoms with Gasteiger partial charge in [-0.25, -0.2) is 8.42 Å². The predicted molar refractivity (Wildman–Crippen MR) is 100.0 cm³/mol. The van der Waals surface area contributed by atoms with E-state index in [4.69, 9.17) is 0 Å². The van der Waals surface area contributed by atoms with Crippen molar-refractivity contribution in [2.24, 2.45) is 0 Å². The lowest BCUT2D eigenvalue weighted by Gasteiger charge is -2.29. The van der Waals surface area contributed by atoms with Crippen molar-refractivity contribution in [3.63, 3.8) is 0 Å². The van der Waals surface area contributed by atoms with Crippen molar-refractivity contribution >= 4 is 10.0 Å². The SMILES string of the molecule is CC1=C[C@]2(c3ccccc3)C[C@H](C1)N(S(=O)(=O)c1ccc(C)cc1)C2. The van der Waals surface area contributed by atoms with Gasteiger partial charge in [-0.2, -0.15) is 4.31 Å². The Morgan fingerprint density at radius 3 is 2.36 bits per heavy atom. The van der Waals surface area contributed by atoms with Gasteiger partial charge in [0.1, 0.15) is 0 Å². The lowest BCUT2D eigenvalue weighted by molar-refractivity contribution is 0.386. The lowest BCUT2D eigenvalue weighted by Crippen LogP contribution is -2.36. The van der Waals surface area contributed by atoms with E-state index in [1.54, 1.807) is 16.4 Å². The molecule has 3 nitrogen and oxygen atoms in total. The maximum atomic E-state index is 13.3. The van der Waals surface area contributed by atoms with E-state index in [1.165, 1.54) is 11.1 Å². The van der Waals surface area contributed by atoms with Gasteiger partial charge in [0.05, 0.1) is 4.90 Å². The maximum Gasteiger partial charge on any atom is 0.243 e. The molecule has 2 atom stereocenters. The third-order valence-corrected chi connectivity index (χ3v) is 7.41.